The first kappa shape index (κ1) is 15.0. The molecule has 1 heterocycles. The second-order valence-electron chi connectivity index (χ2n) is 4.84. The maximum absolute atomic E-state index is 12.5. The van der Waals surface area contributed by atoms with Gasteiger partial charge in [0.05, 0.1) is 0 Å². The number of aryl methyl sites for hydroxylation is 1. The number of nitrogens with zero attached hydrogens (tertiary/aromatic N) is 2. The van der Waals surface area contributed by atoms with Crippen molar-refractivity contribution in [3.8, 4) is 28.8 Å². The molecule has 0 fully saturated rings. The highest BCUT2D eigenvalue weighted by molar-refractivity contribution is 5.72. The Balaban J connectivity index is 2.70. The van der Waals surface area contributed by atoms with Crippen LogP contribution >= 0.6 is 0 Å². The maximum Gasteiger partial charge on any atom is 0.278 e. The van der Waals surface area contributed by atoms with E-state index in [1.807, 2.05) is 39.0 Å². The molecule has 0 aliphatic rings. The Morgan fingerprint density at radius 3 is 2.33 bits per heavy atom. The van der Waals surface area contributed by atoms with E-state index in [0.29, 0.717) is 18.7 Å². The Morgan fingerprint density at radius 1 is 1.19 bits per heavy atom. The van der Waals surface area contributed by atoms with E-state index in [0.717, 1.165) is 16.7 Å². The molecule has 0 spiro atoms. The number of hydrogen-bond acceptors (Lipinski definition) is 2. The first-order valence-corrected chi connectivity index (χ1v) is 7.11. The predicted octanol–water partition coefficient (Wildman–Crippen LogP) is 2.74. The molecule has 2 aromatic rings. The maximum atomic E-state index is 12.5. The van der Waals surface area contributed by atoms with Crippen molar-refractivity contribution in [2.75, 3.05) is 0 Å². The molecule has 0 aliphatic carbocycles. The van der Waals surface area contributed by atoms with Gasteiger partial charge in [-0.1, -0.05) is 12.0 Å². The van der Waals surface area contributed by atoms with Gasteiger partial charge in [-0.25, -0.2) is 4.68 Å². The Kier molecular flexibility index (Phi) is 4.23. The second kappa shape index (κ2) is 5.92. The molecule has 0 aliphatic heterocycles. The Morgan fingerprint density at radius 2 is 1.86 bits per heavy atom. The molecule has 0 unspecified atom stereocenters. The fraction of sp³-hybridized carbons (Fsp3) is 0.353. The monoisotopic (exact) mass is 284 g/mol. The topological polar surface area (TPSA) is 47.2 Å². The summed E-state index contributed by atoms with van der Waals surface area (Å²) in [6, 6.07) is 5.66. The summed E-state index contributed by atoms with van der Waals surface area (Å²) in [4.78, 5) is 12.5. The predicted molar refractivity (Wildman–Crippen MR) is 84.4 cm³/mol. The highest BCUT2D eigenvalue weighted by Gasteiger charge is 2.20. The lowest BCUT2D eigenvalue weighted by Crippen LogP contribution is -2.22. The van der Waals surface area contributed by atoms with Gasteiger partial charge in [-0.15, -0.1) is 5.92 Å². The number of rotatable bonds is 3. The van der Waals surface area contributed by atoms with Crippen molar-refractivity contribution in [3.63, 3.8) is 0 Å². The zero-order valence-electron chi connectivity index (χ0n) is 12.9. The minimum absolute atomic E-state index is 0.0294. The molecule has 21 heavy (non-hydrogen) atoms. The van der Waals surface area contributed by atoms with Crippen molar-refractivity contribution in [2.45, 2.75) is 40.8 Å². The molecular formula is C17H20N2O2. The van der Waals surface area contributed by atoms with Crippen LogP contribution in [0.5, 0.6) is 5.88 Å². The molecule has 0 bridgehead atoms. The molecule has 110 valence electrons. The lowest BCUT2D eigenvalue weighted by Gasteiger charge is -2.07. The smallest absolute Gasteiger partial charge is 0.278 e. The van der Waals surface area contributed by atoms with Crippen molar-refractivity contribution in [2.24, 2.45) is 0 Å². The average Bonchev–Trinajstić information content (AvgIpc) is 2.70. The molecule has 0 amide bonds. The van der Waals surface area contributed by atoms with Gasteiger partial charge in [0.25, 0.3) is 5.56 Å². The highest BCUT2D eigenvalue weighted by Crippen LogP contribution is 2.29. The Labute approximate surface area is 124 Å². The van der Waals surface area contributed by atoms with Gasteiger partial charge in [-0.2, -0.15) is 0 Å². The summed E-state index contributed by atoms with van der Waals surface area (Å²) < 4.78 is 3.17. The molecule has 4 heteroatoms. The molecule has 0 saturated carbocycles. The first-order valence-electron chi connectivity index (χ1n) is 7.11. The summed E-state index contributed by atoms with van der Waals surface area (Å²) in [5.74, 6) is 5.88. The van der Waals surface area contributed by atoms with Crippen LogP contribution in [0.15, 0.2) is 23.0 Å². The van der Waals surface area contributed by atoms with E-state index < -0.39 is 0 Å². The van der Waals surface area contributed by atoms with Crippen molar-refractivity contribution in [1.29, 1.82) is 0 Å². The van der Waals surface area contributed by atoms with Crippen LogP contribution in [0.3, 0.4) is 0 Å². The van der Waals surface area contributed by atoms with Crippen molar-refractivity contribution >= 4 is 0 Å². The van der Waals surface area contributed by atoms with Crippen LogP contribution < -0.4 is 5.56 Å². The zero-order chi connectivity index (χ0) is 15.6. The summed E-state index contributed by atoms with van der Waals surface area (Å²) in [6.45, 7) is 8.59. The zero-order valence-corrected chi connectivity index (χ0v) is 12.9. The Bertz CT molecular complexity index is 786. The number of aromatic hydroxyl groups is 1. The first-order chi connectivity index (χ1) is 10.0. The summed E-state index contributed by atoms with van der Waals surface area (Å²) >= 11 is 0. The summed E-state index contributed by atoms with van der Waals surface area (Å²) in [7, 11) is 0. The van der Waals surface area contributed by atoms with Crippen molar-refractivity contribution in [1.82, 2.24) is 9.36 Å². The van der Waals surface area contributed by atoms with E-state index >= 15 is 0 Å². The van der Waals surface area contributed by atoms with Gasteiger partial charge in [0, 0.05) is 18.7 Å². The van der Waals surface area contributed by atoms with E-state index in [-0.39, 0.29) is 11.4 Å². The molecule has 1 N–H and O–H groups in total. The second-order valence-corrected chi connectivity index (χ2v) is 4.84. The molecule has 1 aromatic heterocycles. The minimum atomic E-state index is -0.158. The van der Waals surface area contributed by atoms with E-state index in [9.17, 15) is 9.90 Å². The molecule has 2 rings (SSSR count). The van der Waals surface area contributed by atoms with Crippen LogP contribution in [0.4, 0.5) is 0 Å². The average molecular weight is 284 g/mol. The van der Waals surface area contributed by atoms with E-state index in [1.165, 1.54) is 0 Å². The van der Waals surface area contributed by atoms with Crippen LogP contribution in [0.25, 0.3) is 11.1 Å². The van der Waals surface area contributed by atoms with Gasteiger partial charge in [-0.3, -0.25) is 9.48 Å². The molecule has 4 nitrogen and oxygen atoms in total. The quantitative estimate of drug-likeness (QED) is 0.881. The fourth-order valence-electron chi connectivity index (χ4n) is 2.61. The molecule has 0 radical (unpaired) electrons. The van der Waals surface area contributed by atoms with Crippen LogP contribution in [0, 0.1) is 18.8 Å². The standard InChI is InChI=1S/C17H20N2O2/c1-5-8-13-9-10-14(12(4)11-13)15-16(20)18(6-2)19(7-3)17(15)21/h9-11,20H,6-7H2,1-4H3. The van der Waals surface area contributed by atoms with E-state index in [2.05, 4.69) is 11.8 Å². The lowest BCUT2D eigenvalue weighted by atomic mass is 10.0. The SMILES string of the molecule is CC#Cc1ccc(-c2c(O)n(CC)n(CC)c2=O)c(C)c1. The van der Waals surface area contributed by atoms with Gasteiger partial charge in [0.1, 0.15) is 5.56 Å². The molecule has 0 atom stereocenters. The molecule has 1 aromatic carbocycles. The van der Waals surface area contributed by atoms with Gasteiger partial charge in [0.15, 0.2) is 0 Å². The summed E-state index contributed by atoms with van der Waals surface area (Å²) in [6.07, 6.45) is 0. The van der Waals surface area contributed by atoms with Crippen LogP contribution in [-0.4, -0.2) is 14.5 Å². The highest BCUT2D eigenvalue weighted by atomic mass is 16.3. The molecular weight excluding hydrogens is 264 g/mol. The van der Waals surface area contributed by atoms with Gasteiger partial charge in [0.2, 0.25) is 5.88 Å². The van der Waals surface area contributed by atoms with Crippen LogP contribution in [0.1, 0.15) is 31.9 Å². The van der Waals surface area contributed by atoms with Crippen LogP contribution in [-0.2, 0) is 13.1 Å². The summed E-state index contributed by atoms with van der Waals surface area (Å²) in [5, 5.41) is 10.4. The third-order valence-electron chi connectivity index (χ3n) is 3.57. The number of aromatic nitrogens is 2. The Hall–Kier alpha value is -2.41. The van der Waals surface area contributed by atoms with Crippen molar-refractivity contribution in [3.05, 3.63) is 39.7 Å². The third kappa shape index (κ3) is 2.47. The van der Waals surface area contributed by atoms with E-state index in [1.54, 1.807) is 16.3 Å². The number of benzene rings is 1. The van der Waals surface area contributed by atoms with Gasteiger partial charge >= 0.3 is 0 Å². The van der Waals surface area contributed by atoms with Crippen LogP contribution in [0.2, 0.25) is 0 Å². The lowest BCUT2D eigenvalue weighted by molar-refractivity contribution is 0.366. The van der Waals surface area contributed by atoms with Gasteiger partial charge in [-0.05, 0) is 51.0 Å². The van der Waals surface area contributed by atoms with Crippen molar-refractivity contribution < 1.29 is 5.11 Å². The molecule has 0 saturated heterocycles. The number of hydrogen-bond donors (Lipinski definition) is 1. The third-order valence-corrected chi connectivity index (χ3v) is 3.57. The minimum Gasteiger partial charge on any atom is -0.493 e. The summed E-state index contributed by atoms with van der Waals surface area (Å²) in [5.41, 5.74) is 2.80. The largest absolute Gasteiger partial charge is 0.493 e. The fourth-order valence-corrected chi connectivity index (χ4v) is 2.61. The van der Waals surface area contributed by atoms with Gasteiger partial charge < -0.3 is 5.11 Å². The van der Waals surface area contributed by atoms with E-state index in [4.69, 9.17) is 0 Å². The normalized spacial score (nSPS) is 10.3.